The fourth-order valence-corrected chi connectivity index (χ4v) is 3.53. The molecule has 7 heteroatoms. The number of rotatable bonds is 6. The Morgan fingerprint density at radius 1 is 1.37 bits per heavy atom. The minimum Gasteiger partial charge on any atom is -0.351 e. The van der Waals surface area contributed by atoms with E-state index in [1.807, 2.05) is 24.3 Å². The molecule has 2 heterocycles. The van der Waals surface area contributed by atoms with Gasteiger partial charge in [-0.15, -0.1) is 0 Å². The highest BCUT2D eigenvalue weighted by Gasteiger charge is 2.28. The Labute approximate surface area is 168 Å². The predicted molar refractivity (Wildman–Crippen MR) is 108 cm³/mol. The van der Waals surface area contributed by atoms with Crippen molar-refractivity contribution < 1.29 is 9.32 Å². The van der Waals surface area contributed by atoms with E-state index in [2.05, 4.69) is 57.1 Å². The summed E-state index contributed by atoms with van der Waals surface area (Å²) in [5.74, 6) is 1.48. The molecule has 1 aliphatic heterocycles. The second kappa shape index (κ2) is 8.52. The number of hydrogen-bond acceptors (Lipinski definition) is 5. The summed E-state index contributed by atoms with van der Waals surface area (Å²) in [6.07, 6.45) is 2.64. The molecular weight excluding hydrogens is 408 g/mol. The van der Waals surface area contributed by atoms with Crippen molar-refractivity contribution in [2.75, 3.05) is 13.1 Å². The van der Waals surface area contributed by atoms with Gasteiger partial charge in [0.2, 0.25) is 17.6 Å². The highest BCUT2D eigenvalue weighted by molar-refractivity contribution is 9.10. The van der Waals surface area contributed by atoms with Crippen molar-refractivity contribution in [3.05, 3.63) is 34.6 Å². The summed E-state index contributed by atoms with van der Waals surface area (Å²) in [7, 11) is 0. The summed E-state index contributed by atoms with van der Waals surface area (Å²) < 4.78 is 6.40. The van der Waals surface area contributed by atoms with Crippen molar-refractivity contribution in [1.29, 1.82) is 0 Å². The lowest BCUT2D eigenvalue weighted by Gasteiger charge is -2.33. The zero-order chi connectivity index (χ0) is 19.4. The Bertz CT molecular complexity index is 782. The first kappa shape index (κ1) is 20.0. The first-order valence-corrected chi connectivity index (χ1v) is 10.3. The van der Waals surface area contributed by atoms with Crippen LogP contribution in [0.1, 0.15) is 45.9 Å². The third-order valence-electron chi connectivity index (χ3n) is 5.21. The Morgan fingerprint density at radius 3 is 2.78 bits per heavy atom. The molecule has 0 bridgehead atoms. The summed E-state index contributed by atoms with van der Waals surface area (Å²) in [4.78, 5) is 19.2. The van der Waals surface area contributed by atoms with Gasteiger partial charge in [0.1, 0.15) is 0 Å². The minimum atomic E-state index is -0.138. The van der Waals surface area contributed by atoms with Crippen LogP contribution in [0.4, 0.5) is 0 Å². The molecule has 0 aliphatic carbocycles. The molecule has 1 saturated heterocycles. The summed E-state index contributed by atoms with van der Waals surface area (Å²) >= 11 is 3.46. The van der Waals surface area contributed by atoms with Gasteiger partial charge in [-0.25, -0.2) is 0 Å². The molecule has 1 aromatic heterocycles. The number of amides is 1. The highest BCUT2D eigenvalue weighted by Crippen LogP contribution is 2.23. The molecule has 1 aliphatic rings. The molecular formula is C20H27BrN4O2. The van der Waals surface area contributed by atoms with Crippen molar-refractivity contribution in [3.8, 4) is 11.4 Å². The van der Waals surface area contributed by atoms with Gasteiger partial charge in [-0.1, -0.05) is 40.1 Å². The maximum absolute atomic E-state index is 12.5. The monoisotopic (exact) mass is 434 g/mol. The third-order valence-corrected chi connectivity index (χ3v) is 5.71. The number of aromatic nitrogens is 2. The van der Waals surface area contributed by atoms with Crippen molar-refractivity contribution in [2.24, 2.45) is 5.92 Å². The zero-order valence-electron chi connectivity index (χ0n) is 16.2. The van der Waals surface area contributed by atoms with Gasteiger partial charge < -0.3 is 9.84 Å². The Kier molecular flexibility index (Phi) is 6.32. The van der Waals surface area contributed by atoms with Gasteiger partial charge in [0.15, 0.2) is 0 Å². The maximum atomic E-state index is 12.5. The van der Waals surface area contributed by atoms with Crippen LogP contribution in [-0.2, 0) is 11.3 Å². The van der Waals surface area contributed by atoms with E-state index in [1.165, 1.54) is 0 Å². The summed E-state index contributed by atoms with van der Waals surface area (Å²) in [5.41, 5.74) is 0.786. The van der Waals surface area contributed by atoms with Crippen LogP contribution in [0, 0.1) is 5.92 Å². The van der Waals surface area contributed by atoms with Crippen molar-refractivity contribution >= 4 is 21.8 Å². The van der Waals surface area contributed by atoms with Crippen molar-refractivity contribution in [2.45, 2.75) is 52.1 Å². The SMILES string of the molecule is CCC(C)(C)NC(=O)C1CCN(Cc2nc(-c3cccc(Br)c3)no2)CC1. The molecule has 0 radical (unpaired) electrons. The second-order valence-corrected chi connectivity index (χ2v) is 8.71. The lowest BCUT2D eigenvalue weighted by molar-refractivity contribution is -0.128. The summed E-state index contributed by atoms with van der Waals surface area (Å²) in [6.45, 7) is 8.57. The molecule has 1 aromatic carbocycles. The number of piperidine rings is 1. The van der Waals surface area contributed by atoms with Crippen molar-refractivity contribution in [1.82, 2.24) is 20.4 Å². The first-order chi connectivity index (χ1) is 12.9. The normalized spacial score (nSPS) is 16.4. The highest BCUT2D eigenvalue weighted by atomic mass is 79.9. The van der Waals surface area contributed by atoms with Crippen LogP contribution >= 0.6 is 15.9 Å². The van der Waals surface area contributed by atoms with Crippen LogP contribution in [0.15, 0.2) is 33.3 Å². The average Bonchev–Trinajstić information content (AvgIpc) is 3.10. The first-order valence-electron chi connectivity index (χ1n) is 9.49. The molecule has 0 atom stereocenters. The quantitative estimate of drug-likeness (QED) is 0.742. The fraction of sp³-hybridized carbons (Fsp3) is 0.550. The topological polar surface area (TPSA) is 71.3 Å². The number of hydrogen-bond donors (Lipinski definition) is 1. The molecule has 2 aromatic rings. The van der Waals surface area contributed by atoms with E-state index in [4.69, 9.17) is 4.52 Å². The van der Waals surface area contributed by atoms with Gasteiger partial charge in [-0.3, -0.25) is 9.69 Å². The fourth-order valence-electron chi connectivity index (χ4n) is 3.13. The van der Waals surface area contributed by atoms with Gasteiger partial charge in [0.05, 0.1) is 6.54 Å². The maximum Gasteiger partial charge on any atom is 0.241 e. The van der Waals surface area contributed by atoms with E-state index in [0.29, 0.717) is 18.3 Å². The van der Waals surface area contributed by atoms with Crippen LogP contribution in [0.25, 0.3) is 11.4 Å². The van der Waals surface area contributed by atoms with E-state index >= 15 is 0 Å². The number of halogens is 1. The Morgan fingerprint density at radius 2 is 2.11 bits per heavy atom. The van der Waals surface area contributed by atoms with E-state index < -0.39 is 0 Å². The van der Waals surface area contributed by atoms with E-state index in [-0.39, 0.29) is 17.4 Å². The number of nitrogens with zero attached hydrogens (tertiary/aromatic N) is 3. The lowest BCUT2D eigenvalue weighted by atomic mass is 9.93. The molecule has 0 saturated carbocycles. The zero-order valence-corrected chi connectivity index (χ0v) is 17.8. The largest absolute Gasteiger partial charge is 0.351 e. The number of carbonyl (C=O) groups excluding carboxylic acids is 1. The number of benzene rings is 1. The minimum absolute atomic E-state index is 0.0898. The molecule has 1 amide bonds. The van der Waals surface area contributed by atoms with E-state index in [0.717, 1.165) is 42.4 Å². The van der Waals surface area contributed by atoms with E-state index in [9.17, 15) is 4.79 Å². The van der Waals surface area contributed by atoms with Crippen LogP contribution in [0.2, 0.25) is 0 Å². The van der Waals surface area contributed by atoms with Gasteiger partial charge in [-0.05, 0) is 58.3 Å². The lowest BCUT2D eigenvalue weighted by Crippen LogP contribution is -2.48. The molecule has 3 rings (SSSR count). The summed E-state index contributed by atoms with van der Waals surface area (Å²) in [6, 6.07) is 7.84. The molecule has 27 heavy (non-hydrogen) atoms. The van der Waals surface area contributed by atoms with Crippen LogP contribution in [-0.4, -0.2) is 39.6 Å². The van der Waals surface area contributed by atoms with Gasteiger partial charge in [0, 0.05) is 21.5 Å². The van der Waals surface area contributed by atoms with Gasteiger partial charge in [0.25, 0.3) is 0 Å². The van der Waals surface area contributed by atoms with Crippen LogP contribution in [0.3, 0.4) is 0 Å². The van der Waals surface area contributed by atoms with Gasteiger partial charge in [-0.2, -0.15) is 4.98 Å². The number of carbonyl (C=O) groups is 1. The molecule has 1 fully saturated rings. The predicted octanol–water partition coefficient (Wildman–Crippen LogP) is 4.02. The van der Waals surface area contributed by atoms with Crippen LogP contribution in [0.5, 0.6) is 0 Å². The molecule has 0 spiro atoms. The molecule has 146 valence electrons. The smallest absolute Gasteiger partial charge is 0.241 e. The number of nitrogens with one attached hydrogen (secondary N) is 1. The summed E-state index contributed by atoms with van der Waals surface area (Å²) in [5, 5.41) is 7.25. The Balaban J connectivity index is 1.52. The molecule has 6 nitrogen and oxygen atoms in total. The van der Waals surface area contributed by atoms with Crippen LogP contribution < -0.4 is 5.32 Å². The Hall–Kier alpha value is -1.73. The average molecular weight is 435 g/mol. The standard InChI is InChI=1S/C20H27BrN4O2/c1-4-20(2,3)23-19(26)14-8-10-25(11-9-14)13-17-22-18(24-27-17)15-6-5-7-16(21)12-15/h5-7,12,14H,4,8-11,13H2,1-3H3,(H,23,26). The second-order valence-electron chi connectivity index (χ2n) is 7.80. The van der Waals surface area contributed by atoms with Gasteiger partial charge >= 0.3 is 0 Å². The molecule has 0 unspecified atom stereocenters. The number of likely N-dealkylation sites (tertiary alicyclic amines) is 1. The molecule has 1 N–H and O–H groups in total. The van der Waals surface area contributed by atoms with Crippen molar-refractivity contribution in [3.63, 3.8) is 0 Å². The van der Waals surface area contributed by atoms with E-state index in [1.54, 1.807) is 0 Å². The third kappa shape index (κ3) is 5.39.